The maximum absolute atomic E-state index is 6.26. The predicted octanol–water partition coefficient (Wildman–Crippen LogP) is 7.70. The maximum atomic E-state index is 6.26. The first-order valence-electron chi connectivity index (χ1n) is 11.7. The summed E-state index contributed by atoms with van der Waals surface area (Å²) in [5, 5.41) is 3.40. The SMILES string of the molecule is C=C(C1=CC2CC2=C1)/C(N)=C\C=C/Nc1cccc(N2C3=C(C=CCC3)Sc3ccccc32)c1. The number of para-hydroxylation sites is 1. The van der Waals surface area contributed by atoms with E-state index in [1.54, 1.807) is 0 Å². The van der Waals surface area contributed by atoms with E-state index in [9.17, 15) is 0 Å². The minimum atomic E-state index is 0.644. The quantitative estimate of drug-likeness (QED) is 0.432. The molecule has 0 spiro atoms. The molecule has 34 heavy (non-hydrogen) atoms. The van der Waals surface area contributed by atoms with Gasteiger partial charge in [0.2, 0.25) is 0 Å². The summed E-state index contributed by atoms with van der Waals surface area (Å²) in [4.78, 5) is 5.04. The molecule has 3 N–H and O–H groups in total. The van der Waals surface area contributed by atoms with E-state index in [4.69, 9.17) is 5.73 Å². The van der Waals surface area contributed by atoms with Gasteiger partial charge >= 0.3 is 0 Å². The van der Waals surface area contributed by atoms with Crippen LogP contribution in [0.25, 0.3) is 0 Å². The summed E-state index contributed by atoms with van der Waals surface area (Å²) in [5.41, 5.74) is 15.4. The normalized spacial score (nSPS) is 20.5. The Morgan fingerprint density at radius 3 is 2.97 bits per heavy atom. The van der Waals surface area contributed by atoms with Crippen molar-refractivity contribution in [3.05, 3.63) is 131 Å². The van der Waals surface area contributed by atoms with Crippen LogP contribution in [0.3, 0.4) is 0 Å². The maximum Gasteiger partial charge on any atom is 0.0598 e. The third-order valence-corrected chi connectivity index (χ3v) is 7.77. The first kappa shape index (κ1) is 20.9. The van der Waals surface area contributed by atoms with Crippen LogP contribution in [0.2, 0.25) is 0 Å². The highest BCUT2D eigenvalue weighted by Crippen LogP contribution is 2.49. The second-order valence-electron chi connectivity index (χ2n) is 8.96. The summed E-state index contributed by atoms with van der Waals surface area (Å²) >= 11 is 1.87. The Morgan fingerprint density at radius 1 is 1.18 bits per heavy atom. The first-order valence-corrected chi connectivity index (χ1v) is 12.6. The number of anilines is 3. The lowest BCUT2D eigenvalue weighted by atomic mass is 10.0. The number of hydrogen-bond acceptors (Lipinski definition) is 4. The van der Waals surface area contributed by atoms with Gasteiger partial charge in [-0.1, -0.05) is 66.4 Å². The number of hydrogen-bond donors (Lipinski definition) is 2. The van der Waals surface area contributed by atoms with E-state index < -0.39 is 0 Å². The van der Waals surface area contributed by atoms with Gasteiger partial charge in [-0.3, -0.25) is 0 Å². The molecule has 0 amide bonds. The molecule has 1 saturated carbocycles. The molecular formula is C30H27N3S. The molecule has 1 heterocycles. The highest BCUT2D eigenvalue weighted by Gasteiger charge is 2.32. The number of nitrogens with zero attached hydrogens (tertiary/aromatic N) is 1. The molecule has 2 aromatic carbocycles. The number of allylic oxidation sites excluding steroid dienone is 9. The van der Waals surface area contributed by atoms with E-state index in [1.807, 2.05) is 30.1 Å². The smallest absolute Gasteiger partial charge is 0.0598 e. The lowest BCUT2D eigenvalue weighted by Gasteiger charge is -2.36. The van der Waals surface area contributed by atoms with Gasteiger partial charge in [-0.25, -0.2) is 0 Å². The van der Waals surface area contributed by atoms with Crippen LogP contribution >= 0.6 is 11.8 Å². The third kappa shape index (κ3) is 3.95. The molecule has 0 saturated heterocycles. The van der Waals surface area contributed by atoms with E-state index in [1.165, 1.54) is 38.8 Å². The fourth-order valence-electron chi connectivity index (χ4n) is 4.71. The second-order valence-corrected chi connectivity index (χ2v) is 10.0. The van der Waals surface area contributed by atoms with Crippen LogP contribution in [-0.2, 0) is 0 Å². The van der Waals surface area contributed by atoms with Gasteiger partial charge in [0.1, 0.15) is 0 Å². The van der Waals surface area contributed by atoms with Crippen molar-refractivity contribution in [1.82, 2.24) is 0 Å². The van der Waals surface area contributed by atoms with Crippen LogP contribution in [0.5, 0.6) is 0 Å². The largest absolute Gasteiger partial charge is 0.398 e. The standard InChI is InChI=1S/C30H27N3S/c1-20(21-16-22-18-23(22)17-21)26(31)10-7-15-32-24-8-6-9-25(19-24)33-27-11-2-4-13-29(27)34-30-14-5-3-12-28(30)33/h2,4-11,13-17,19,22,32H,1,3,12,18,31H2/b15-7-,26-10+. The van der Waals surface area contributed by atoms with Crippen molar-refractivity contribution < 1.29 is 0 Å². The number of benzene rings is 2. The van der Waals surface area contributed by atoms with E-state index >= 15 is 0 Å². The van der Waals surface area contributed by atoms with Crippen molar-refractivity contribution in [2.45, 2.75) is 24.2 Å². The summed E-state index contributed by atoms with van der Waals surface area (Å²) in [7, 11) is 0. The van der Waals surface area contributed by atoms with Crippen molar-refractivity contribution in [2.75, 3.05) is 10.2 Å². The molecule has 1 aliphatic heterocycles. The zero-order valence-corrected chi connectivity index (χ0v) is 19.8. The van der Waals surface area contributed by atoms with Crippen LogP contribution in [0.4, 0.5) is 17.1 Å². The highest BCUT2D eigenvalue weighted by atomic mass is 32.2. The van der Waals surface area contributed by atoms with Gasteiger partial charge in [0.15, 0.2) is 0 Å². The zero-order chi connectivity index (χ0) is 23.1. The van der Waals surface area contributed by atoms with E-state index in [-0.39, 0.29) is 0 Å². The topological polar surface area (TPSA) is 41.3 Å². The van der Waals surface area contributed by atoms with Gasteiger partial charge < -0.3 is 16.0 Å². The number of fused-ring (bicyclic) bond motifs is 2. The second kappa shape index (κ2) is 8.62. The summed E-state index contributed by atoms with van der Waals surface area (Å²) < 4.78 is 0. The van der Waals surface area contributed by atoms with Gasteiger partial charge in [0, 0.05) is 44.7 Å². The summed E-state index contributed by atoms with van der Waals surface area (Å²) in [6.45, 7) is 4.17. The Labute approximate surface area is 205 Å². The summed E-state index contributed by atoms with van der Waals surface area (Å²) in [6.07, 6.45) is 18.1. The van der Waals surface area contributed by atoms with E-state index in [0.29, 0.717) is 11.6 Å². The molecule has 0 aromatic heterocycles. The lowest BCUT2D eigenvalue weighted by Crippen LogP contribution is -2.22. The van der Waals surface area contributed by atoms with Crippen molar-refractivity contribution in [3.8, 4) is 0 Å². The minimum absolute atomic E-state index is 0.644. The van der Waals surface area contributed by atoms with Gasteiger partial charge in [-0.2, -0.15) is 0 Å². The number of rotatable bonds is 6. The van der Waals surface area contributed by atoms with Crippen LogP contribution < -0.4 is 16.0 Å². The molecule has 6 rings (SSSR count). The van der Waals surface area contributed by atoms with Gasteiger partial charge in [0.05, 0.1) is 5.69 Å². The van der Waals surface area contributed by atoms with Crippen molar-refractivity contribution >= 4 is 28.8 Å². The molecule has 4 aliphatic rings. The molecule has 2 aromatic rings. The molecule has 4 heteroatoms. The highest BCUT2D eigenvalue weighted by molar-refractivity contribution is 8.03. The Morgan fingerprint density at radius 2 is 2.09 bits per heavy atom. The molecule has 168 valence electrons. The Balaban J connectivity index is 1.20. The van der Waals surface area contributed by atoms with Crippen LogP contribution in [-0.4, -0.2) is 0 Å². The monoisotopic (exact) mass is 461 g/mol. The molecule has 1 fully saturated rings. The van der Waals surface area contributed by atoms with Gasteiger partial charge in [-0.05, 0) is 72.9 Å². The molecule has 3 nitrogen and oxygen atoms in total. The van der Waals surface area contributed by atoms with Crippen molar-refractivity contribution in [2.24, 2.45) is 11.7 Å². The van der Waals surface area contributed by atoms with E-state index in [0.717, 1.165) is 29.8 Å². The third-order valence-electron chi connectivity index (χ3n) is 6.61. The lowest BCUT2D eigenvalue weighted by molar-refractivity contribution is 0.903. The Bertz CT molecular complexity index is 1370. The predicted molar refractivity (Wildman–Crippen MR) is 145 cm³/mol. The molecular weight excluding hydrogens is 434 g/mol. The van der Waals surface area contributed by atoms with Crippen molar-refractivity contribution in [3.63, 3.8) is 0 Å². The fraction of sp³-hybridized carbons (Fsp3) is 0.133. The molecule has 0 bridgehead atoms. The van der Waals surface area contributed by atoms with Gasteiger partial charge in [-0.15, -0.1) is 0 Å². The van der Waals surface area contributed by atoms with E-state index in [2.05, 4.69) is 89.6 Å². The van der Waals surface area contributed by atoms with Crippen molar-refractivity contribution in [1.29, 1.82) is 0 Å². The molecule has 1 atom stereocenters. The van der Waals surface area contributed by atoms with Gasteiger partial charge in [0.25, 0.3) is 0 Å². The average molecular weight is 462 g/mol. The molecule has 1 unspecified atom stereocenters. The Kier molecular flexibility index (Phi) is 5.31. The van der Waals surface area contributed by atoms with Crippen LogP contribution in [0.15, 0.2) is 136 Å². The zero-order valence-electron chi connectivity index (χ0n) is 19.0. The summed E-state index contributed by atoms with van der Waals surface area (Å²) in [5.74, 6) is 0.644. The first-order chi connectivity index (χ1) is 16.7. The number of thioether (sulfide) groups is 1. The average Bonchev–Trinajstić information content (AvgIpc) is 3.49. The molecule has 0 radical (unpaired) electrons. The van der Waals surface area contributed by atoms with Crippen LogP contribution in [0, 0.1) is 5.92 Å². The van der Waals surface area contributed by atoms with Crippen LogP contribution in [0.1, 0.15) is 19.3 Å². The number of nitrogens with two attached hydrogens (primary N) is 1. The minimum Gasteiger partial charge on any atom is -0.398 e. The summed E-state index contributed by atoms with van der Waals surface area (Å²) in [6, 6.07) is 17.2. The number of nitrogens with one attached hydrogen (secondary N) is 1. The molecule has 3 aliphatic carbocycles. The Hall–Kier alpha value is -3.63. The fourth-order valence-corrected chi connectivity index (χ4v) is 5.83.